The zero-order valence-electron chi connectivity index (χ0n) is 10.7. The number of ketones is 2. The number of hydrogen-bond acceptors (Lipinski definition) is 4. The molecular weight excluding hydrogens is 256 g/mol. The molecule has 0 fully saturated rings. The lowest BCUT2D eigenvalue weighted by Gasteiger charge is -2.15. The molecule has 0 unspecified atom stereocenters. The van der Waals surface area contributed by atoms with Crippen molar-refractivity contribution >= 4 is 28.3 Å². The molecule has 2 aromatic carbocycles. The highest BCUT2D eigenvalue weighted by Gasteiger charge is 2.28. The molecule has 0 bridgehead atoms. The number of allylic oxidation sites excluding steroid dienone is 2. The Labute approximate surface area is 114 Å². The van der Waals surface area contributed by atoms with Crippen molar-refractivity contribution in [3.05, 3.63) is 59.4 Å². The molecule has 98 valence electrons. The maximum atomic E-state index is 12.2. The molecule has 0 heterocycles. The van der Waals surface area contributed by atoms with E-state index in [0.29, 0.717) is 5.56 Å². The first kappa shape index (κ1) is 12.3. The van der Waals surface area contributed by atoms with E-state index in [9.17, 15) is 14.4 Å². The van der Waals surface area contributed by atoms with Gasteiger partial charge in [0.25, 0.3) is 0 Å². The van der Waals surface area contributed by atoms with Crippen LogP contribution in [0.3, 0.4) is 0 Å². The molecule has 0 atom stereocenters. The van der Waals surface area contributed by atoms with Gasteiger partial charge in [-0.2, -0.15) is 0 Å². The van der Waals surface area contributed by atoms with E-state index < -0.39 is 11.8 Å². The number of ether oxygens (including phenoxy) is 1. The molecule has 4 heteroatoms. The summed E-state index contributed by atoms with van der Waals surface area (Å²) in [5.74, 6) is -1.62. The molecule has 0 saturated carbocycles. The van der Waals surface area contributed by atoms with Gasteiger partial charge in [0.05, 0.1) is 0 Å². The molecule has 4 nitrogen and oxygen atoms in total. The molecule has 0 spiro atoms. The Bertz CT molecular complexity index is 799. The topological polar surface area (TPSA) is 60.4 Å². The monoisotopic (exact) mass is 266 g/mol. The van der Waals surface area contributed by atoms with Crippen LogP contribution in [0.2, 0.25) is 0 Å². The van der Waals surface area contributed by atoms with E-state index in [2.05, 4.69) is 0 Å². The highest BCUT2D eigenvalue weighted by Crippen LogP contribution is 2.27. The van der Waals surface area contributed by atoms with Gasteiger partial charge in [-0.25, -0.2) is 0 Å². The number of rotatable bonds is 1. The average molecular weight is 266 g/mol. The fraction of sp³-hybridized carbons (Fsp3) is 0.0625. The van der Waals surface area contributed by atoms with Gasteiger partial charge < -0.3 is 4.74 Å². The van der Waals surface area contributed by atoms with E-state index in [1.54, 1.807) is 12.1 Å². The quantitative estimate of drug-likeness (QED) is 0.744. The third-order valence-electron chi connectivity index (χ3n) is 3.14. The van der Waals surface area contributed by atoms with Crippen LogP contribution in [-0.4, -0.2) is 17.5 Å². The largest absolute Gasteiger partial charge is 0.422 e. The van der Waals surface area contributed by atoms with Crippen LogP contribution in [0.1, 0.15) is 27.6 Å². The Balaban J connectivity index is 2.19. The summed E-state index contributed by atoms with van der Waals surface area (Å²) in [5, 5.41) is 1.74. The fourth-order valence-electron chi connectivity index (χ4n) is 2.26. The van der Waals surface area contributed by atoms with Gasteiger partial charge in [-0.1, -0.05) is 24.3 Å². The molecule has 1 aliphatic rings. The smallest absolute Gasteiger partial charge is 0.308 e. The predicted octanol–water partition coefficient (Wildman–Crippen LogP) is 2.67. The van der Waals surface area contributed by atoms with Gasteiger partial charge >= 0.3 is 5.97 Å². The molecule has 0 aliphatic heterocycles. The van der Waals surface area contributed by atoms with Gasteiger partial charge in [-0.15, -0.1) is 0 Å². The molecule has 1 aliphatic carbocycles. The van der Waals surface area contributed by atoms with Gasteiger partial charge in [0, 0.05) is 24.1 Å². The third-order valence-corrected chi connectivity index (χ3v) is 3.14. The van der Waals surface area contributed by atoms with Gasteiger partial charge in [-0.05, 0) is 22.9 Å². The SMILES string of the molecule is CC(=O)OC1=CC(=O)c2cc3ccccc3cc2C1=O. The zero-order chi connectivity index (χ0) is 14.3. The van der Waals surface area contributed by atoms with Gasteiger partial charge in [-0.3, -0.25) is 14.4 Å². The number of carbonyl (C=O) groups excluding carboxylic acids is 3. The second-order valence-electron chi connectivity index (χ2n) is 4.54. The molecular formula is C16H10O4. The van der Waals surface area contributed by atoms with Crippen LogP contribution in [0.4, 0.5) is 0 Å². The molecule has 3 rings (SSSR count). The van der Waals surface area contributed by atoms with Crippen molar-refractivity contribution < 1.29 is 19.1 Å². The van der Waals surface area contributed by atoms with Crippen molar-refractivity contribution in [2.24, 2.45) is 0 Å². The Hall–Kier alpha value is -2.75. The summed E-state index contributed by atoms with van der Waals surface area (Å²) < 4.78 is 4.79. The minimum atomic E-state index is -0.623. The molecule has 2 aromatic rings. The van der Waals surface area contributed by atoms with Gasteiger partial charge in [0.2, 0.25) is 5.78 Å². The van der Waals surface area contributed by atoms with Crippen molar-refractivity contribution in [2.45, 2.75) is 6.92 Å². The molecule has 0 N–H and O–H groups in total. The summed E-state index contributed by atoms with van der Waals surface area (Å²) in [7, 11) is 0. The number of benzene rings is 2. The van der Waals surface area contributed by atoms with E-state index in [1.165, 1.54) is 6.92 Å². The van der Waals surface area contributed by atoms with Crippen LogP contribution in [0.5, 0.6) is 0 Å². The first-order chi connectivity index (χ1) is 9.56. The average Bonchev–Trinajstić information content (AvgIpc) is 2.42. The first-order valence-electron chi connectivity index (χ1n) is 6.08. The van der Waals surface area contributed by atoms with Crippen LogP contribution in [0.15, 0.2) is 48.2 Å². The normalized spacial score (nSPS) is 13.9. The standard InChI is InChI=1S/C16H10O4/c1-9(17)20-15-8-14(18)12-6-10-4-2-3-5-11(10)7-13(12)16(15)19/h2-8H,1H3. The molecule has 0 aromatic heterocycles. The summed E-state index contributed by atoms with van der Waals surface area (Å²) in [6, 6.07) is 10.8. The number of hydrogen-bond donors (Lipinski definition) is 0. The number of carbonyl (C=O) groups is 3. The van der Waals surface area contributed by atoms with Crippen molar-refractivity contribution in [3.63, 3.8) is 0 Å². The van der Waals surface area contributed by atoms with Crippen molar-refractivity contribution in [3.8, 4) is 0 Å². The molecule has 0 radical (unpaired) electrons. The van der Waals surface area contributed by atoms with Crippen LogP contribution >= 0.6 is 0 Å². The molecule has 0 saturated heterocycles. The highest BCUT2D eigenvalue weighted by molar-refractivity contribution is 6.25. The maximum absolute atomic E-state index is 12.2. The van der Waals surface area contributed by atoms with Gasteiger partial charge in [0.1, 0.15) is 0 Å². The van der Waals surface area contributed by atoms with Crippen molar-refractivity contribution in [1.29, 1.82) is 0 Å². The lowest BCUT2D eigenvalue weighted by atomic mass is 9.91. The lowest BCUT2D eigenvalue weighted by Crippen LogP contribution is -2.20. The summed E-state index contributed by atoms with van der Waals surface area (Å²) in [6.45, 7) is 1.19. The summed E-state index contributed by atoms with van der Waals surface area (Å²) in [5.41, 5.74) is 0.608. The maximum Gasteiger partial charge on any atom is 0.308 e. The Morgan fingerprint density at radius 1 is 1.00 bits per heavy atom. The van der Waals surface area contributed by atoms with Crippen LogP contribution in [0.25, 0.3) is 10.8 Å². The second-order valence-corrected chi connectivity index (χ2v) is 4.54. The zero-order valence-corrected chi connectivity index (χ0v) is 10.7. The van der Waals surface area contributed by atoms with Crippen LogP contribution in [-0.2, 0) is 9.53 Å². The first-order valence-corrected chi connectivity index (χ1v) is 6.08. The Morgan fingerprint density at radius 2 is 1.60 bits per heavy atom. The van der Waals surface area contributed by atoms with E-state index in [4.69, 9.17) is 4.74 Å². The Morgan fingerprint density at radius 3 is 2.20 bits per heavy atom. The van der Waals surface area contributed by atoms with Gasteiger partial charge in [0.15, 0.2) is 11.5 Å². The Kier molecular flexibility index (Phi) is 2.71. The minimum Gasteiger partial charge on any atom is -0.422 e. The number of esters is 1. The van der Waals surface area contributed by atoms with E-state index in [1.807, 2.05) is 24.3 Å². The molecule has 20 heavy (non-hydrogen) atoms. The van der Waals surface area contributed by atoms with Crippen molar-refractivity contribution in [2.75, 3.05) is 0 Å². The number of Topliss-reactive ketones (excluding diaryl/α,β-unsaturated/α-hetero) is 1. The lowest BCUT2D eigenvalue weighted by molar-refractivity contribution is -0.136. The second kappa shape index (κ2) is 4.42. The minimum absolute atomic E-state index is 0.217. The summed E-state index contributed by atoms with van der Waals surface area (Å²) >= 11 is 0. The fourth-order valence-corrected chi connectivity index (χ4v) is 2.26. The summed E-state index contributed by atoms with van der Waals surface area (Å²) in [6.07, 6.45) is 1.07. The third kappa shape index (κ3) is 1.91. The number of fused-ring (bicyclic) bond motifs is 2. The van der Waals surface area contributed by atoms with E-state index in [0.717, 1.165) is 16.8 Å². The highest BCUT2D eigenvalue weighted by atomic mass is 16.5. The van der Waals surface area contributed by atoms with E-state index >= 15 is 0 Å². The summed E-state index contributed by atoms with van der Waals surface area (Å²) in [4.78, 5) is 35.3. The van der Waals surface area contributed by atoms with Crippen LogP contribution in [0, 0.1) is 0 Å². The predicted molar refractivity (Wildman–Crippen MR) is 72.5 cm³/mol. The van der Waals surface area contributed by atoms with E-state index in [-0.39, 0.29) is 17.1 Å². The van der Waals surface area contributed by atoms with Crippen LogP contribution < -0.4 is 0 Å². The molecule has 0 amide bonds. The van der Waals surface area contributed by atoms with Crippen molar-refractivity contribution in [1.82, 2.24) is 0 Å².